The standard InChI is InChI=1S/C16H23ClO2/c1-3-5-11-15(18)13(8-4-2)16(19)12-9-6-7-10-14(12)17/h6-7,9-10,13,16,19H,3-5,8,11H2,1-2H3. The first kappa shape index (κ1) is 16.2. The maximum absolute atomic E-state index is 12.2. The predicted octanol–water partition coefficient (Wildman–Crippen LogP) is 4.55. The van der Waals surface area contributed by atoms with Gasteiger partial charge in [0.2, 0.25) is 0 Å². The van der Waals surface area contributed by atoms with Crippen molar-refractivity contribution in [2.45, 2.75) is 52.1 Å². The fourth-order valence-electron chi connectivity index (χ4n) is 2.27. The molecule has 0 aliphatic rings. The number of rotatable bonds is 8. The molecular weight excluding hydrogens is 260 g/mol. The summed E-state index contributed by atoms with van der Waals surface area (Å²) in [5.74, 6) is -0.187. The monoisotopic (exact) mass is 282 g/mol. The van der Waals surface area contributed by atoms with Crippen molar-refractivity contribution in [2.24, 2.45) is 5.92 Å². The number of Topliss-reactive ketones (excluding diaryl/α,β-unsaturated/α-hetero) is 1. The van der Waals surface area contributed by atoms with E-state index in [0.29, 0.717) is 23.4 Å². The third-order valence-electron chi connectivity index (χ3n) is 3.39. The van der Waals surface area contributed by atoms with E-state index >= 15 is 0 Å². The fraction of sp³-hybridized carbons (Fsp3) is 0.562. The molecule has 2 unspecified atom stereocenters. The maximum Gasteiger partial charge on any atom is 0.138 e. The highest BCUT2D eigenvalue weighted by Gasteiger charge is 2.27. The van der Waals surface area contributed by atoms with Crippen molar-refractivity contribution >= 4 is 17.4 Å². The van der Waals surface area contributed by atoms with Crippen LogP contribution in [0.3, 0.4) is 0 Å². The van der Waals surface area contributed by atoms with E-state index in [2.05, 4.69) is 6.92 Å². The second kappa shape index (κ2) is 8.34. The van der Waals surface area contributed by atoms with Crippen LogP contribution in [0.2, 0.25) is 5.02 Å². The highest BCUT2D eigenvalue weighted by atomic mass is 35.5. The zero-order valence-corrected chi connectivity index (χ0v) is 12.5. The van der Waals surface area contributed by atoms with Gasteiger partial charge in [-0.3, -0.25) is 4.79 Å². The van der Waals surface area contributed by atoms with Gasteiger partial charge in [0.05, 0.1) is 6.10 Å². The van der Waals surface area contributed by atoms with Crippen LogP contribution in [-0.4, -0.2) is 10.9 Å². The summed E-state index contributed by atoms with van der Waals surface area (Å²) in [6.45, 7) is 4.09. The van der Waals surface area contributed by atoms with Crippen molar-refractivity contribution < 1.29 is 9.90 Å². The average molecular weight is 283 g/mol. The lowest BCUT2D eigenvalue weighted by Gasteiger charge is -2.22. The van der Waals surface area contributed by atoms with Crippen molar-refractivity contribution in [3.05, 3.63) is 34.9 Å². The molecule has 106 valence electrons. The van der Waals surface area contributed by atoms with Gasteiger partial charge in [0.25, 0.3) is 0 Å². The molecule has 0 aliphatic carbocycles. The van der Waals surface area contributed by atoms with E-state index in [1.54, 1.807) is 12.1 Å². The summed E-state index contributed by atoms with van der Waals surface area (Å²) in [7, 11) is 0. The molecule has 1 aromatic rings. The summed E-state index contributed by atoms with van der Waals surface area (Å²) >= 11 is 6.10. The minimum atomic E-state index is -0.794. The number of hydrogen-bond acceptors (Lipinski definition) is 2. The van der Waals surface area contributed by atoms with E-state index in [4.69, 9.17) is 11.6 Å². The van der Waals surface area contributed by atoms with Crippen molar-refractivity contribution in [1.82, 2.24) is 0 Å². The van der Waals surface area contributed by atoms with Crippen LogP contribution in [0.25, 0.3) is 0 Å². The molecule has 0 heterocycles. The first-order valence-corrected chi connectivity index (χ1v) is 7.44. The third kappa shape index (κ3) is 4.63. The van der Waals surface area contributed by atoms with Crippen molar-refractivity contribution in [1.29, 1.82) is 0 Å². The molecule has 1 N–H and O–H groups in total. The lowest BCUT2D eigenvalue weighted by Crippen LogP contribution is -2.22. The molecule has 0 fully saturated rings. The minimum absolute atomic E-state index is 0.149. The molecule has 1 aromatic carbocycles. The smallest absolute Gasteiger partial charge is 0.138 e. The molecule has 19 heavy (non-hydrogen) atoms. The van der Waals surface area contributed by atoms with E-state index in [0.717, 1.165) is 19.3 Å². The average Bonchev–Trinajstić information content (AvgIpc) is 2.42. The number of aliphatic hydroxyl groups is 1. The second-order valence-electron chi connectivity index (χ2n) is 4.93. The Balaban J connectivity index is 2.86. The Hall–Kier alpha value is -0.860. The minimum Gasteiger partial charge on any atom is -0.388 e. The zero-order valence-electron chi connectivity index (χ0n) is 11.7. The van der Waals surface area contributed by atoms with Crippen LogP contribution in [0.15, 0.2) is 24.3 Å². The van der Waals surface area contributed by atoms with Gasteiger partial charge in [0.1, 0.15) is 5.78 Å². The first-order valence-electron chi connectivity index (χ1n) is 7.07. The van der Waals surface area contributed by atoms with Gasteiger partial charge in [0.15, 0.2) is 0 Å². The maximum atomic E-state index is 12.2. The Morgan fingerprint density at radius 2 is 1.95 bits per heavy atom. The summed E-state index contributed by atoms with van der Waals surface area (Å²) in [4.78, 5) is 12.2. The van der Waals surface area contributed by atoms with E-state index in [1.807, 2.05) is 19.1 Å². The molecule has 2 nitrogen and oxygen atoms in total. The number of carbonyl (C=O) groups excluding carboxylic acids is 1. The van der Waals surface area contributed by atoms with E-state index in [9.17, 15) is 9.90 Å². The van der Waals surface area contributed by atoms with Crippen LogP contribution in [0.5, 0.6) is 0 Å². The van der Waals surface area contributed by atoms with Crippen molar-refractivity contribution in [3.8, 4) is 0 Å². The number of hydrogen-bond donors (Lipinski definition) is 1. The molecule has 2 atom stereocenters. The highest BCUT2D eigenvalue weighted by Crippen LogP contribution is 2.32. The molecular formula is C16H23ClO2. The topological polar surface area (TPSA) is 37.3 Å². The number of halogens is 1. The largest absolute Gasteiger partial charge is 0.388 e. The van der Waals surface area contributed by atoms with Gasteiger partial charge < -0.3 is 5.11 Å². The highest BCUT2D eigenvalue weighted by molar-refractivity contribution is 6.31. The molecule has 0 radical (unpaired) electrons. The molecule has 0 aromatic heterocycles. The van der Waals surface area contributed by atoms with Crippen LogP contribution in [0.1, 0.15) is 57.6 Å². The lowest BCUT2D eigenvalue weighted by atomic mass is 9.86. The molecule has 1 rings (SSSR count). The van der Waals surface area contributed by atoms with Gasteiger partial charge in [-0.25, -0.2) is 0 Å². The van der Waals surface area contributed by atoms with Crippen LogP contribution >= 0.6 is 11.6 Å². The van der Waals surface area contributed by atoms with Gasteiger partial charge in [-0.05, 0) is 24.5 Å². The van der Waals surface area contributed by atoms with Crippen molar-refractivity contribution in [3.63, 3.8) is 0 Å². The molecule has 0 amide bonds. The Morgan fingerprint density at radius 1 is 1.26 bits per heavy atom. The number of ketones is 1. The number of aliphatic hydroxyl groups excluding tert-OH is 1. The summed E-state index contributed by atoms with van der Waals surface area (Å²) in [5, 5.41) is 11.0. The van der Waals surface area contributed by atoms with Gasteiger partial charge in [-0.15, -0.1) is 0 Å². The first-order chi connectivity index (χ1) is 9.11. The quantitative estimate of drug-likeness (QED) is 0.759. The number of benzene rings is 1. The SMILES string of the molecule is CCCCC(=O)C(CCC)C(O)c1ccccc1Cl. The number of carbonyl (C=O) groups is 1. The summed E-state index contributed by atoms with van der Waals surface area (Å²) in [5.41, 5.74) is 0.660. The molecule has 0 aliphatic heterocycles. The Labute approximate surface area is 120 Å². The third-order valence-corrected chi connectivity index (χ3v) is 3.74. The van der Waals surface area contributed by atoms with E-state index in [1.165, 1.54) is 0 Å². The van der Waals surface area contributed by atoms with E-state index < -0.39 is 6.10 Å². The predicted molar refractivity (Wildman–Crippen MR) is 79.3 cm³/mol. The van der Waals surface area contributed by atoms with Gasteiger partial charge in [-0.1, -0.05) is 56.5 Å². The molecule has 3 heteroatoms. The molecule has 0 bridgehead atoms. The van der Waals surface area contributed by atoms with Gasteiger partial charge >= 0.3 is 0 Å². The van der Waals surface area contributed by atoms with Crippen molar-refractivity contribution in [2.75, 3.05) is 0 Å². The summed E-state index contributed by atoms with van der Waals surface area (Å²) < 4.78 is 0. The van der Waals surface area contributed by atoms with Crippen LogP contribution in [-0.2, 0) is 4.79 Å². The van der Waals surface area contributed by atoms with Crippen LogP contribution in [0.4, 0.5) is 0 Å². The number of unbranched alkanes of at least 4 members (excludes halogenated alkanes) is 1. The Morgan fingerprint density at radius 3 is 2.53 bits per heavy atom. The Bertz CT molecular complexity index is 403. The summed E-state index contributed by atoms with van der Waals surface area (Å²) in [6.07, 6.45) is 3.21. The van der Waals surface area contributed by atoms with E-state index in [-0.39, 0.29) is 11.7 Å². The molecule has 0 spiro atoms. The normalized spacial score (nSPS) is 14.1. The fourth-order valence-corrected chi connectivity index (χ4v) is 2.52. The summed E-state index contributed by atoms with van der Waals surface area (Å²) in [6, 6.07) is 7.21. The van der Waals surface area contributed by atoms with Crippen LogP contribution in [0, 0.1) is 5.92 Å². The molecule has 0 saturated carbocycles. The van der Waals surface area contributed by atoms with Gasteiger partial charge in [0, 0.05) is 17.4 Å². The zero-order chi connectivity index (χ0) is 14.3. The molecule has 0 saturated heterocycles. The Kier molecular flexibility index (Phi) is 7.11. The lowest BCUT2D eigenvalue weighted by molar-refractivity contribution is -0.127. The van der Waals surface area contributed by atoms with Crippen LogP contribution < -0.4 is 0 Å². The van der Waals surface area contributed by atoms with Gasteiger partial charge in [-0.2, -0.15) is 0 Å². The second-order valence-corrected chi connectivity index (χ2v) is 5.34.